The molecule has 0 aliphatic carbocycles. The van der Waals surface area contributed by atoms with E-state index in [-0.39, 0.29) is 24.7 Å². The number of methoxy groups -OCH3 is 1. The lowest BCUT2D eigenvalue weighted by molar-refractivity contribution is -0.155. The summed E-state index contributed by atoms with van der Waals surface area (Å²) in [5.74, 6) is -1.17. The van der Waals surface area contributed by atoms with Crippen molar-refractivity contribution in [3.8, 4) is 0 Å². The summed E-state index contributed by atoms with van der Waals surface area (Å²) in [6.07, 6.45) is 0.389. The molecule has 0 N–H and O–H groups in total. The van der Waals surface area contributed by atoms with Crippen LogP contribution in [-0.4, -0.2) is 35.8 Å². The average molecular weight is 185 g/mol. The van der Waals surface area contributed by atoms with E-state index in [1.165, 1.54) is 14.0 Å². The second-order valence-electron chi connectivity index (χ2n) is 2.86. The summed E-state index contributed by atoms with van der Waals surface area (Å²) in [5.41, 5.74) is 0. The standard InChI is InChI=1S/C8H11NO4/c1-5(8(12)13-2)9-6(10)3-4-7(9)11/h5H,3-4H2,1-2H3. The number of hydrogen-bond acceptors (Lipinski definition) is 4. The van der Waals surface area contributed by atoms with Crippen LogP contribution in [0.1, 0.15) is 19.8 Å². The van der Waals surface area contributed by atoms with Crippen LogP contribution >= 0.6 is 0 Å². The van der Waals surface area contributed by atoms with Crippen LogP contribution < -0.4 is 0 Å². The Balaban J connectivity index is 2.75. The molecule has 1 rings (SSSR count). The molecule has 1 aliphatic heterocycles. The molecule has 5 nitrogen and oxygen atoms in total. The van der Waals surface area contributed by atoms with Gasteiger partial charge in [-0.2, -0.15) is 0 Å². The maximum absolute atomic E-state index is 11.1. The highest BCUT2D eigenvalue weighted by molar-refractivity contribution is 6.04. The SMILES string of the molecule is COC(=O)C(C)N1C(=O)CCC1=O. The second-order valence-corrected chi connectivity index (χ2v) is 2.86. The van der Waals surface area contributed by atoms with Gasteiger partial charge in [-0.1, -0.05) is 0 Å². The molecule has 1 heterocycles. The molecular formula is C8H11NO4. The Morgan fingerprint density at radius 3 is 2.23 bits per heavy atom. The molecule has 0 aromatic carbocycles. The lowest BCUT2D eigenvalue weighted by Gasteiger charge is -2.19. The van der Waals surface area contributed by atoms with E-state index in [0.717, 1.165) is 4.90 Å². The zero-order valence-corrected chi connectivity index (χ0v) is 7.57. The van der Waals surface area contributed by atoms with Crippen LogP contribution in [0.25, 0.3) is 0 Å². The smallest absolute Gasteiger partial charge is 0.328 e. The van der Waals surface area contributed by atoms with Crippen LogP contribution in [-0.2, 0) is 19.1 Å². The first-order valence-electron chi connectivity index (χ1n) is 4.00. The molecule has 0 aromatic rings. The Hall–Kier alpha value is -1.39. The van der Waals surface area contributed by atoms with Gasteiger partial charge in [0.2, 0.25) is 11.8 Å². The molecule has 2 amide bonds. The number of amides is 2. The van der Waals surface area contributed by atoms with Gasteiger partial charge in [-0.05, 0) is 6.92 Å². The predicted octanol–water partition coefficient (Wildman–Crippen LogP) is -0.303. The second kappa shape index (κ2) is 3.55. The van der Waals surface area contributed by atoms with E-state index in [1.54, 1.807) is 0 Å². The van der Waals surface area contributed by atoms with E-state index in [1.807, 2.05) is 0 Å². The molecule has 0 saturated carbocycles. The zero-order chi connectivity index (χ0) is 10.0. The van der Waals surface area contributed by atoms with Crippen LogP contribution in [0.2, 0.25) is 0 Å². The van der Waals surface area contributed by atoms with Crippen molar-refractivity contribution in [1.29, 1.82) is 0 Å². The quantitative estimate of drug-likeness (QED) is 0.437. The van der Waals surface area contributed by atoms with Gasteiger partial charge >= 0.3 is 5.97 Å². The minimum Gasteiger partial charge on any atom is -0.467 e. The molecule has 1 unspecified atom stereocenters. The fourth-order valence-electron chi connectivity index (χ4n) is 1.30. The number of carbonyl (C=O) groups is 3. The normalized spacial score (nSPS) is 19.1. The molecule has 5 heteroatoms. The third-order valence-electron chi connectivity index (χ3n) is 2.02. The number of nitrogens with zero attached hydrogens (tertiary/aromatic N) is 1. The van der Waals surface area contributed by atoms with E-state index in [0.29, 0.717) is 0 Å². The van der Waals surface area contributed by atoms with Crippen LogP contribution in [0.5, 0.6) is 0 Å². The van der Waals surface area contributed by atoms with Crippen molar-refractivity contribution in [2.24, 2.45) is 0 Å². The van der Waals surface area contributed by atoms with Gasteiger partial charge in [-0.3, -0.25) is 14.5 Å². The van der Waals surface area contributed by atoms with Gasteiger partial charge in [-0.15, -0.1) is 0 Å². The van der Waals surface area contributed by atoms with E-state index in [4.69, 9.17) is 0 Å². The van der Waals surface area contributed by atoms with Crippen molar-refractivity contribution in [2.45, 2.75) is 25.8 Å². The van der Waals surface area contributed by atoms with Crippen molar-refractivity contribution in [2.75, 3.05) is 7.11 Å². The van der Waals surface area contributed by atoms with Gasteiger partial charge < -0.3 is 4.74 Å². The first-order valence-corrected chi connectivity index (χ1v) is 4.00. The van der Waals surface area contributed by atoms with Gasteiger partial charge in [0, 0.05) is 12.8 Å². The molecular weight excluding hydrogens is 174 g/mol. The topological polar surface area (TPSA) is 63.7 Å². The van der Waals surface area contributed by atoms with Crippen molar-refractivity contribution in [3.63, 3.8) is 0 Å². The maximum atomic E-state index is 11.1. The molecule has 1 saturated heterocycles. The Kier molecular flexibility index (Phi) is 2.65. The van der Waals surface area contributed by atoms with Crippen LogP contribution in [0.15, 0.2) is 0 Å². The molecule has 1 aliphatic rings. The molecule has 1 atom stereocenters. The molecule has 0 bridgehead atoms. The third kappa shape index (κ3) is 1.68. The average Bonchev–Trinajstić information content (AvgIpc) is 2.44. The number of hydrogen-bond donors (Lipinski definition) is 0. The predicted molar refractivity (Wildman–Crippen MR) is 42.6 cm³/mol. The zero-order valence-electron chi connectivity index (χ0n) is 7.57. The van der Waals surface area contributed by atoms with Gasteiger partial charge in [0.05, 0.1) is 7.11 Å². The molecule has 0 spiro atoms. The number of rotatable bonds is 2. The molecule has 0 aromatic heterocycles. The van der Waals surface area contributed by atoms with Gasteiger partial charge in [0.25, 0.3) is 0 Å². The Morgan fingerprint density at radius 2 is 1.85 bits per heavy atom. The summed E-state index contributed by atoms with van der Waals surface area (Å²) in [6.45, 7) is 1.48. The Bertz CT molecular complexity index is 245. The van der Waals surface area contributed by atoms with Gasteiger partial charge in [0.1, 0.15) is 6.04 Å². The van der Waals surface area contributed by atoms with Gasteiger partial charge in [0.15, 0.2) is 0 Å². The minimum atomic E-state index is -0.799. The molecule has 0 radical (unpaired) electrons. The summed E-state index contributed by atoms with van der Waals surface area (Å²) in [7, 11) is 1.23. The summed E-state index contributed by atoms with van der Waals surface area (Å²) in [6, 6.07) is -0.799. The summed E-state index contributed by atoms with van der Waals surface area (Å²) < 4.78 is 4.44. The van der Waals surface area contributed by atoms with E-state index in [9.17, 15) is 14.4 Å². The maximum Gasteiger partial charge on any atom is 0.328 e. The van der Waals surface area contributed by atoms with Crippen molar-refractivity contribution in [3.05, 3.63) is 0 Å². The molecule has 72 valence electrons. The highest BCUT2D eigenvalue weighted by atomic mass is 16.5. The monoisotopic (exact) mass is 185 g/mol. The fourth-order valence-corrected chi connectivity index (χ4v) is 1.30. The summed E-state index contributed by atoms with van der Waals surface area (Å²) >= 11 is 0. The summed E-state index contributed by atoms with van der Waals surface area (Å²) in [5, 5.41) is 0. The number of esters is 1. The lowest BCUT2D eigenvalue weighted by atomic mass is 10.3. The Morgan fingerprint density at radius 1 is 1.38 bits per heavy atom. The van der Waals surface area contributed by atoms with Gasteiger partial charge in [-0.25, -0.2) is 4.79 Å². The highest BCUT2D eigenvalue weighted by Crippen LogP contribution is 2.15. The third-order valence-corrected chi connectivity index (χ3v) is 2.02. The summed E-state index contributed by atoms with van der Waals surface area (Å²) in [4.78, 5) is 34.3. The van der Waals surface area contributed by atoms with Crippen LogP contribution in [0, 0.1) is 0 Å². The first kappa shape index (κ1) is 9.70. The van der Waals surface area contributed by atoms with Crippen molar-refractivity contribution in [1.82, 2.24) is 4.90 Å². The number of carbonyl (C=O) groups excluding carboxylic acids is 3. The number of ether oxygens (including phenoxy) is 1. The fraction of sp³-hybridized carbons (Fsp3) is 0.625. The lowest BCUT2D eigenvalue weighted by Crippen LogP contribution is -2.42. The largest absolute Gasteiger partial charge is 0.467 e. The van der Waals surface area contributed by atoms with Crippen molar-refractivity contribution >= 4 is 17.8 Å². The van der Waals surface area contributed by atoms with Crippen LogP contribution in [0.3, 0.4) is 0 Å². The number of imide groups is 1. The Labute approximate surface area is 75.6 Å². The number of likely N-dealkylation sites (tertiary alicyclic amines) is 1. The van der Waals surface area contributed by atoms with E-state index < -0.39 is 12.0 Å². The highest BCUT2D eigenvalue weighted by Gasteiger charge is 2.36. The van der Waals surface area contributed by atoms with Crippen molar-refractivity contribution < 1.29 is 19.1 Å². The minimum absolute atomic E-state index is 0.195. The molecule has 13 heavy (non-hydrogen) atoms. The molecule has 1 fully saturated rings. The van der Waals surface area contributed by atoms with E-state index in [2.05, 4.69) is 4.74 Å². The first-order chi connectivity index (χ1) is 6.07. The van der Waals surface area contributed by atoms with Crippen LogP contribution in [0.4, 0.5) is 0 Å². The van der Waals surface area contributed by atoms with E-state index >= 15 is 0 Å².